The van der Waals surface area contributed by atoms with E-state index in [-0.39, 0.29) is 36.7 Å². The zero-order valence-corrected chi connectivity index (χ0v) is 18.2. The molecule has 3 atom stereocenters. The fourth-order valence-electron chi connectivity index (χ4n) is 4.48. The van der Waals surface area contributed by atoms with Crippen LogP contribution in [0.25, 0.3) is 0 Å². The molecule has 0 aromatic heterocycles. The molecule has 2 saturated heterocycles. The van der Waals surface area contributed by atoms with Crippen LogP contribution in [-0.2, 0) is 0 Å². The van der Waals surface area contributed by atoms with E-state index in [1.807, 2.05) is 18.7 Å². The Morgan fingerprint density at radius 1 is 1.17 bits per heavy atom. The molecule has 0 unspecified atom stereocenters. The standard InChI is InChI=1S/C24H35N3O2/c1-17(2)7-8-19-9-11-20(12-10-19)23-21-15-26(24(29)25-18(3)4)13-5-6-14-27(21)22(23)16-28/h9-12,17-18,21-23,28H,5-6,13-16H2,1-4H3,(H,25,29)/t21-,22-,23-/m1/s1. The number of amides is 2. The van der Waals surface area contributed by atoms with Crippen LogP contribution in [-0.4, -0.2) is 65.3 Å². The summed E-state index contributed by atoms with van der Waals surface area (Å²) in [7, 11) is 0. The summed E-state index contributed by atoms with van der Waals surface area (Å²) in [4.78, 5) is 17.0. The third-order valence-electron chi connectivity index (χ3n) is 5.87. The number of urea groups is 1. The number of aliphatic hydroxyl groups excluding tert-OH is 1. The van der Waals surface area contributed by atoms with E-state index in [9.17, 15) is 9.90 Å². The molecule has 29 heavy (non-hydrogen) atoms. The van der Waals surface area contributed by atoms with Crippen molar-refractivity contribution in [1.29, 1.82) is 0 Å². The van der Waals surface area contributed by atoms with Gasteiger partial charge in [-0.15, -0.1) is 0 Å². The SMILES string of the molecule is CC(C)C#Cc1ccc([C@H]2[C@@H](CO)N3CCCCN(C(=O)NC(C)C)C[C@H]23)cc1. The Hall–Kier alpha value is -2.03. The lowest BCUT2D eigenvalue weighted by Crippen LogP contribution is -2.68. The monoisotopic (exact) mass is 397 g/mol. The van der Waals surface area contributed by atoms with E-state index in [1.54, 1.807) is 0 Å². The molecule has 2 N–H and O–H groups in total. The highest BCUT2D eigenvalue weighted by Crippen LogP contribution is 2.41. The summed E-state index contributed by atoms with van der Waals surface area (Å²) in [5.41, 5.74) is 2.25. The van der Waals surface area contributed by atoms with Crippen LogP contribution in [0.2, 0.25) is 0 Å². The quantitative estimate of drug-likeness (QED) is 0.771. The number of hydrogen-bond acceptors (Lipinski definition) is 3. The average Bonchev–Trinajstić information content (AvgIpc) is 2.65. The van der Waals surface area contributed by atoms with Gasteiger partial charge in [0.2, 0.25) is 0 Å². The normalized spacial score (nSPS) is 24.8. The largest absolute Gasteiger partial charge is 0.395 e. The van der Waals surface area contributed by atoms with Gasteiger partial charge in [0, 0.05) is 48.6 Å². The predicted molar refractivity (Wildman–Crippen MR) is 117 cm³/mol. The lowest BCUT2D eigenvalue weighted by atomic mass is 9.74. The Balaban J connectivity index is 1.78. The van der Waals surface area contributed by atoms with Crippen molar-refractivity contribution in [2.75, 3.05) is 26.2 Å². The molecule has 3 rings (SSSR count). The van der Waals surface area contributed by atoms with Gasteiger partial charge >= 0.3 is 6.03 Å². The summed E-state index contributed by atoms with van der Waals surface area (Å²) in [6, 6.07) is 8.97. The summed E-state index contributed by atoms with van der Waals surface area (Å²) in [6.45, 7) is 10.8. The van der Waals surface area contributed by atoms with Crippen LogP contribution in [0.3, 0.4) is 0 Å². The predicted octanol–water partition coefficient (Wildman–Crippen LogP) is 3.04. The average molecular weight is 398 g/mol. The number of fused-ring (bicyclic) bond motifs is 1. The zero-order chi connectivity index (χ0) is 21.0. The summed E-state index contributed by atoms with van der Waals surface area (Å²) in [6.07, 6.45) is 2.05. The molecule has 0 saturated carbocycles. The van der Waals surface area contributed by atoms with Gasteiger partial charge in [0.05, 0.1) is 6.61 Å². The van der Waals surface area contributed by atoms with E-state index >= 15 is 0 Å². The molecule has 1 aromatic carbocycles. The van der Waals surface area contributed by atoms with Crippen molar-refractivity contribution < 1.29 is 9.90 Å². The number of carbonyl (C=O) groups excluding carboxylic acids is 1. The molecule has 5 heteroatoms. The van der Waals surface area contributed by atoms with Gasteiger partial charge < -0.3 is 15.3 Å². The Kier molecular flexibility index (Phi) is 7.21. The Bertz CT molecular complexity index is 748. The minimum atomic E-state index is 0.0207. The maximum atomic E-state index is 12.6. The second-order valence-corrected chi connectivity index (χ2v) is 8.88. The van der Waals surface area contributed by atoms with Gasteiger partial charge in [-0.2, -0.15) is 0 Å². The second kappa shape index (κ2) is 9.65. The Morgan fingerprint density at radius 3 is 2.48 bits per heavy atom. The van der Waals surface area contributed by atoms with E-state index in [2.05, 4.69) is 60.2 Å². The second-order valence-electron chi connectivity index (χ2n) is 8.88. The van der Waals surface area contributed by atoms with Gasteiger partial charge in [-0.25, -0.2) is 4.79 Å². The molecular formula is C24H35N3O2. The molecule has 0 spiro atoms. The first-order valence-electron chi connectivity index (χ1n) is 10.9. The van der Waals surface area contributed by atoms with Crippen molar-refractivity contribution >= 4 is 6.03 Å². The van der Waals surface area contributed by atoms with Crippen molar-refractivity contribution in [2.45, 2.75) is 64.6 Å². The number of carbonyl (C=O) groups is 1. The zero-order valence-electron chi connectivity index (χ0n) is 18.2. The number of hydrogen-bond donors (Lipinski definition) is 2. The number of benzene rings is 1. The summed E-state index contributed by atoms with van der Waals surface area (Å²) in [5.74, 6) is 7.01. The van der Waals surface area contributed by atoms with Gasteiger partial charge in [0.25, 0.3) is 0 Å². The smallest absolute Gasteiger partial charge is 0.317 e. The topological polar surface area (TPSA) is 55.8 Å². The Labute approximate surface area is 175 Å². The van der Waals surface area contributed by atoms with Gasteiger partial charge in [-0.1, -0.05) is 37.8 Å². The molecular weight excluding hydrogens is 362 g/mol. The van der Waals surface area contributed by atoms with Crippen molar-refractivity contribution in [2.24, 2.45) is 5.92 Å². The van der Waals surface area contributed by atoms with Crippen LogP contribution < -0.4 is 5.32 Å². The van der Waals surface area contributed by atoms with E-state index in [0.717, 1.165) is 31.5 Å². The van der Waals surface area contributed by atoms with Crippen molar-refractivity contribution in [3.8, 4) is 11.8 Å². The third-order valence-corrected chi connectivity index (χ3v) is 5.87. The first-order valence-corrected chi connectivity index (χ1v) is 10.9. The first-order chi connectivity index (χ1) is 13.9. The molecule has 0 bridgehead atoms. The number of rotatable bonds is 3. The minimum Gasteiger partial charge on any atom is -0.395 e. The lowest BCUT2D eigenvalue weighted by Gasteiger charge is -2.57. The molecule has 2 fully saturated rings. The summed E-state index contributed by atoms with van der Waals surface area (Å²) >= 11 is 0. The summed E-state index contributed by atoms with van der Waals surface area (Å²) < 4.78 is 0. The van der Waals surface area contributed by atoms with Crippen LogP contribution in [0.4, 0.5) is 4.79 Å². The van der Waals surface area contributed by atoms with Gasteiger partial charge in [0.1, 0.15) is 0 Å². The molecule has 2 aliphatic heterocycles. The van der Waals surface area contributed by atoms with Crippen molar-refractivity contribution in [3.63, 3.8) is 0 Å². The molecule has 0 radical (unpaired) electrons. The molecule has 5 nitrogen and oxygen atoms in total. The van der Waals surface area contributed by atoms with Crippen LogP contribution >= 0.6 is 0 Å². The van der Waals surface area contributed by atoms with Gasteiger partial charge in [0.15, 0.2) is 0 Å². The van der Waals surface area contributed by atoms with Gasteiger partial charge in [-0.3, -0.25) is 4.90 Å². The van der Waals surface area contributed by atoms with Crippen LogP contribution in [0.5, 0.6) is 0 Å². The lowest BCUT2D eigenvalue weighted by molar-refractivity contribution is -0.0591. The molecule has 2 aliphatic rings. The van der Waals surface area contributed by atoms with E-state index in [4.69, 9.17) is 0 Å². The van der Waals surface area contributed by atoms with E-state index in [0.29, 0.717) is 12.5 Å². The van der Waals surface area contributed by atoms with Crippen LogP contribution in [0.1, 0.15) is 57.6 Å². The fraction of sp³-hybridized carbons (Fsp3) is 0.625. The number of nitrogens with zero attached hydrogens (tertiary/aromatic N) is 2. The third kappa shape index (κ3) is 5.12. The number of nitrogens with one attached hydrogen (secondary N) is 1. The molecule has 2 heterocycles. The highest BCUT2D eigenvalue weighted by Gasteiger charge is 2.49. The Morgan fingerprint density at radius 2 is 1.86 bits per heavy atom. The molecule has 1 aromatic rings. The fourth-order valence-corrected chi connectivity index (χ4v) is 4.48. The molecule has 158 valence electrons. The van der Waals surface area contributed by atoms with Crippen LogP contribution in [0.15, 0.2) is 24.3 Å². The molecule has 0 aliphatic carbocycles. The van der Waals surface area contributed by atoms with E-state index in [1.165, 1.54) is 5.56 Å². The maximum Gasteiger partial charge on any atom is 0.317 e. The van der Waals surface area contributed by atoms with E-state index < -0.39 is 0 Å². The highest BCUT2D eigenvalue weighted by molar-refractivity contribution is 5.74. The van der Waals surface area contributed by atoms with Crippen molar-refractivity contribution in [3.05, 3.63) is 35.4 Å². The number of aliphatic hydroxyl groups is 1. The van der Waals surface area contributed by atoms with Gasteiger partial charge in [-0.05, 0) is 50.9 Å². The first kappa shape index (κ1) is 21.7. The van der Waals surface area contributed by atoms with Crippen LogP contribution in [0, 0.1) is 17.8 Å². The maximum absolute atomic E-state index is 12.6. The molecule has 2 amide bonds. The van der Waals surface area contributed by atoms with Crippen molar-refractivity contribution in [1.82, 2.24) is 15.1 Å². The highest BCUT2D eigenvalue weighted by atomic mass is 16.3. The summed E-state index contributed by atoms with van der Waals surface area (Å²) in [5, 5.41) is 13.1. The minimum absolute atomic E-state index is 0.0207.